The van der Waals surface area contributed by atoms with Crippen LogP contribution in [0.15, 0.2) is 12.1 Å². The highest BCUT2D eigenvalue weighted by molar-refractivity contribution is 5.45. The summed E-state index contributed by atoms with van der Waals surface area (Å²) in [6.07, 6.45) is 0. The van der Waals surface area contributed by atoms with Crippen molar-refractivity contribution in [1.82, 2.24) is 0 Å². The average molecular weight is 184 g/mol. The molecule has 0 amide bonds. The molecule has 0 aliphatic rings. The zero-order chi connectivity index (χ0) is 10.4. The third-order valence-electron chi connectivity index (χ3n) is 1.73. The molecule has 0 aliphatic heterocycles. The molecule has 0 bridgehead atoms. The van der Waals surface area contributed by atoms with Gasteiger partial charge in [0.25, 0.3) is 0 Å². The van der Waals surface area contributed by atoms with Crippen molar-refractivity contribution < 1.29 is 14.9 Å². The molecule has 0 saturated carbocycles. The van der Waals surface area contributed by atoms with Gasteiger partial charge >= 0.3 is 0 Å². The number of ether oxygens (including phenoxy) is 1. The van der Waals surface area contributed by atoms with Crippen LogP contribution in [-0.4, -0.2) is 24.4 Å². The first-order valence-electron chi connectivity index (χ1n) is 3.92. The highest BCUT2D eigenvalue weighted by Gasteiger charge is 2.02. The van der Waals surface area contributed by atoms with E-state index in [1.54, 1.807) is 28.1 Å². The molecule has 74 valence electrons. The van der Waals surface area contributed by atoms with Crippen LogP contribution in [0, 0.1) is 13.8 Å². The minimum atomic E-state index is 0.232. The van der Waals surface area contributed by atoms with E-state index in [2.05, 4.69) is 4.74 Å². The summed E-state index contributed by atoms with van der Waals surface area (Å²) in [6, 6.07) is 2.97. The largest absolute Gasteiger partial charge is 0.508 e. The van der Waals surface area contributed by atoms with Crippen molar-refractivity contribution in [1.29, 1.82) is 0 Å². The summed E-state index contributed by atoms with van der Waals surface area (Å²) in [5.41, 5.74) is 1.47. The lowest BCUT2D eigenvalue weighted by molar-refractivity contribution is 0.277. The molecule has 0 unspecified atom stereocenters. The third kappa shape index (κ3) is 3.34. The van der Waals surface area contributed by atoms with Crippen molar-refractivity contribution in [2.45, 2.75) is 13.8 Å². The Kier molecular flexibility index (Phi) is 4.92. The average Bonchev–Trinajstić information content (AvgIpc) is 2.10. The lowest BCUT2D eigenvalue weighted by Gasteiger charge is -2.03. The Hall–Kier alpha value is -1.22. The summed E-state index contributed by atoms with van der Waals surface area (Å²) < 4.78 is 4.25. The smallest absolute Gasteiger partial charge is 0.119 e. The predicted molar refractivity (Wildman–Crippen MR) is 52.2 cm³/mol. The predicted octanol–water partition coefficient (Wildman–Crippen LogP) is 1.98. The molecule has 0 aliphatic carbocycles. The van der Waals surface area contributed by atoms with Crippen molar-refractivity contribution in [2.75, 3.05) is 14.2 Å². The molecule has 1 aromatic carbocycles. The molecule has 0 saturated heterocycles. The van der Waals surface area contributed by atoms with E-state index in [4.69, 9.17) is 10.2 Å². The van der Waals surface area contributed by atoms with Gasteiger partial charge in [-0.3, -0.25) is 0 Å². The van der Waals surface area contributed by atoms with Gasteiger partial charge in [0, 0.05) is 14.2 Å². The minimum Gasteiger partial charge on any atom is -0.508 e. The lowest BCUT2D eigenvalue weighted by atomic mass is 10.1. The van der Waals surface area contributed by atoms with Crippen LogP contribution in [0.1, 0.15) is 11.1 Å². The van der Waals surface area contributed by atoms with Gasteiger partial charge in [0.05, 0.1) is 0 Å². The van der Waals surface area contributed by atoms with E-state index in [0.29, 0.717) is 0 Å². The van der Waals surface area contributed by atoms with Gasteiger partial charge in [0.2, 0.25) is 0 Å². The van der Waals surface area contributed by atoms with Crippen LogP contribution in [0.4, 0.5) is 0 Å². The molecule has 13 heavy (non-hydrogen) atoms. The fourth-order valence-electron chi connectivity index (χ4n) is 0.792. The summed E-state index contributed by atoms with van der Waals surface area (Å²) >= 11 is 0. The standard InChI is InChI=1S/C8H10O2.C2H6O/c1-5-6(2)8(10)4-3-7(5)9;1-3-2/h3-4,9-10H,1-2H3;1-2H3. The Morgan fingerprint density at radius 3 is 1.38 bits per heavy atom. The minimum absolute atomic E-state index is 0.232. The lowest BCUT2D eigenvalue weighted by Crippen LogP contribution is -1.81. The number of aromatic hydroxyl groups is 2. The van der Waals surface area contributed by atoms with Crippen LogP contribution >= 0.6 is 0 Å². The van der Waals surface area contributed by atoms with Crippen LogP contribution in [0.25, 0.3) is 0 Å². The van der Waals surface area contributed by atoms with E-state index in [1.807, 2.05) is 0 Å². The molecule has 3 nitrogen and oxygen atoms in total. The van der Waals surface area contributed by atoms with E-state index in [9.17, 15) is 0 Å². The molecule has 0 spiro atoms. The SMILES string of the molecule is COC.Cc1c(O)ccc(O)c1C. The fraction of sp³-hybridized carbons (Fsp3) is 0.400. The maximum Gasteiger partial charge on any atom is 0.119 e. The number of phenolic OH excluding ortho intramolecular Hbond substituents is 2. The van der Waals surface area contributed by atoms with Crippen LogP contribution in [-0.2, 0) is 4.74 Å². The van der Waals surface area contributed by atoms with Crippen LogP contribution in [0.5, 0.6) is 11.5 Å². The maximum absolute atomic E-state index is 9.11. The number of benzene rings is 1. The second-order valence-electron chi connectivity index (χ2n) is 2.76. The third-order valence-corrected chi connectivity index (χ3v) is 1.73. The molecule has 0 radical (unpaired) electrons. The summed E-state index contributed by atoms with van der Waals surface area (Å²) in [6.45, 7) is 3.54. The topological polar surface area (TPSA) is 49.7 Å². The molecule has 0 atom stereocenters. The van der Waals surface area contributed by atoms with Gasteiger partial charge in [0.1, 0.15) is 11.5 Å². The molecule has 0 aromatic heterocycles. The van der Waals surface area contributed by atoms with E-state index < -0.39 is 0 Å². The Balaban J connectivity index is 0.000000424. The number of rotatable bonds is 0. The summed E-state index contributed by atoms with van der Waals surface area (Å²) in [4.78, 5) is 0. The molecule has 2 N–H and O–H groups in total. The van der Waals surface area contributed by atoms with Crippen molar-refractivity contribution in [2.24, 2.45) is 0 Å². The van der Waals surface area contributed by atoms with Crippen LogP contribution < -0.4 is 0 Å². The highest BCUT2D eigenvalue weighted by atomic mass is 16.4. The molecular weight excluding hydrogens is 168 g/mol. The monoisotopic (exact) mass is 184 g/mol. The second kappa shape index (κ2) is 5.43. The van der Waals surface area contributed by atoms with Crippen molar-refractivity contribution >= 4 is 0 Å². The normalized spacial score (nSPS) is 8.92. The first-order valence-corrected chi connectivity index (χ1v) is 3.92. The maximum atomic E-state index is 9.11. The summed E-state index contributed by atoms with van der Waals surface area (Å²) in [7, 11) is 3.25. The molecule has 1 aromatic rings. The van der Waals surface area contributed by atoms with E-state index in [0.717, 1.165) is 11.1 Å². The quantitative estimate of drug-likeness (QED) is 0.606. The van der Waals surface area contributed by atoms with Crippen molar-refractivity contribution in [3.63, 3.8) is 0 Å². The molecule has 0 heterocycles. The Bertz CT molecular complexity index is 242. The van der Waals surface area contributed by atoms with Gasteiger partial charge in [-0.05, 0) is 37.1 Å². The Morgan fingerprint density at radius 2 is 1.15 bits per heavy atom. The molecule has 0 fully saturated rings. The van der Waals surface area contributed by atoms with E-state index >= 15 is 0 Å². The second-order valence-corrected chi connectivity index (χ2v) is 2.76. The van der Waals surface area contributed by atoms with Gasteiger partial charge in [-0.25, -0.2) is 0 Å². The molecule has 3 heteroatoms. The number of hydrogen-bond acceptors (Lipinski definition) is 3. The summed E-state index contributed by atoms with van der Waals surface area (Å²) in [5, 5.41) is 18.2. The fourth-order valence-corrected chi connectivity index (χ4v) is 0.792. The van der Waals surface area contributed by atoms with Crippen molar-refractivity contribution in [3.05, 3.63) is 23.3 Å². The number of methoxy groups -OCH3 is 1. The van der Waals surface area contributed by atoms with E-state index in [1.165, 1.54) is 12.1 Å². The van der Waals surface area contributed by atoms with E-state index in [-0.39, 0.29) is 11.5 Å². The van der Waals surface area contributed by atoms with Gasteiger partial charge in [0.15, 0.2) is 0 Å². The van der Waals surface area contributed by atoms with Gasteiger partial charge < -0.3 is 14.9 Å². The van der Waals surface area contributed by atoms with Gasteiger partial charge in [-0.1, -0.05) is 0 Å². The Morgan fingerprint density at radius 1 is 0.923 bits per heavy atom. The van der Waals surface area contributed by atoms with Gasteiger partial charge in [-0.15, -0.1) is 0 Å². The first kappa shape index (κ1) is 11.8. The van der Waals surface area contributed by atoms with Gasteiger partial charge in [-0.2, -0.15) is 0 Å². The zero-order valence-corrected chi connectivity index (χ0v) is 8.46. The highest BCUT2D eigenvalue weighted by Crippen LogP contribution is 2.26. The Labute approximate surface area is 78.6 Å². The van der Waals surface area contributed by atoms with Crippen LogP contribution in [0.2, 0.25) is 0 Å². The molecule has 1 rings (SSSR count). The number of hydrogen-bond donors (Lipinski definition) is 2. The van der Waals surface area contributed by atoms with Crippen molar-refractivity contribution in [3.8, 4) is 11.5 Å². The zero-order valence-electron chi connectivity index (χ0n) is 8.46. The molecular formula is C10H16O3. The number of phenols is 2. The summed E-state index contributed by atoms with van der Waals surface area (Å²) in [5.74, 6) is 0.464. The van der Waals surface area contributed by atoms with Crippen LogP contribution in [0.3, 0.4) is 0 Å². The first-order chi connectivity index (χ1) is 6.04.